The molecule has 1 amide bonds. The van der Waals surface area contributed by atoms with Crippen molar-refractivity contribution in [3.05, 3.63) is 53.9 Å². The average Bonchev–Trinajstić information content (AvgIpc) is 3.26. The second kappa shape index (κ2) is 10.2. The van der Waals surface area contributed by atoms with Crippen LogP contribution in [0.3, 0.4) is 0 Å². The molecule has 170 valence electrons. The summed E-state index contributed by atoms with van der Waals surface area (Å²) >= 11 is 0. The first-order chi connectivity index (χ1) is 16.1. The molecule has 0 unspecified atom stereocenters. The van der Waals surface area contributed by atoms with E-state index in [4.69, 9.17) is 9.47 Å². The number of imidazole rings is 1. The lowest BCUT2D eigenvalue weighted by Crippen LogP contribution is -2.40. The van der Waals surface area contributed by atoms with Gasteiger partial charge in [-0.1, -0.05) is 25.1 Å². The van der Waals surface area contributed by atoms with Crippen LogP contribution in [0, 0.1) is 17.2 Å². The number of rotatable bonds is 7. The molecule has 1 aliphatic rings. The number of carbonyl (C=O) groups excluding carboxylic acids is 1. The van der Waals surface area contributed by atoms with Crippen molar-refractivity contribution in [3.63, 3.8) is 0 Å². The van der Waals surface area contributed by atoms with Crippen molar-refractivity contribution in [1.82, 2.24) is 14.9 Å². The summed E-state index contributed by atoms with van der Waals surface area (Å²) in [5.41, 5.74) is 2.87. The minimum atomic E-state index is -0.0218. The highest BCUT2D eigenvalue weighted by atomic mass is 16.5. The number of ether oxygens (including phenoxy) is 2. The maximum absolute atomic E-state index is 12.5. The number of aromatic amines is 1. The highest BCUT2D eigenvalue weighted by Gasteiger charge is 2.21. The maximum Gasteiger partial charge on any atom is 0.260 e. The standard InChI is InChI=1S/C26H28N4O3/c1-3-32-24-15-19(14-20(16-27)26-28-21-6-4-5-7-22(21)29-26)8-9-23(24)33-17-25(31)30-12-10-18(2)11-13-30/h4-9,14-15,18H,3,10-13,17H2,1-2H3,(H,28,29)/b20-14+. The van der Waals surface area contributed by atoms with E-state index in [1.165, 1.54) is 0 Å². The highest BCUT2D eigenvalue weighted by Crippen LogP contribution is 2.30. The lowest BCUT2D eigenvalue weighted by molar-refractivity contribution is -0.134. The van der Waals surface area contributed by atoms with Gasteiger partial charge in [0.15, 0.2) is 18.1 Å². The first-order valence-corrected chi connectivity index (χ1v) is 11.3. The molecule has 0 aliphatic carbocycles. The molecule has 1 aliphatic heterocycles. The third kappa shape index (κ3) is 5.35. The Morgan fingerprint density at radius 2 is 2.00 bits per heavy atom. The van der Waals surface area contributed by atoms with Gasteiger partial charge < -0.3 is 19.4 Å². The second-order valence-electron chi connectivity index (χ2n) is 8.26. The maximum atomic E-state index is 12.5. The Morgan fingerprint density at radius 3 is 2.73 bits per heavy atom. The van der Waals surface area contributed by atoms with Gasteiger partial charge >= 0.3 is 0 Å². The van der Waals surface area contributed by atoms with Crippen LogP contribution in [0.1, 0.15) is 38.1 Å². The predicted molar refractivity (Wildman–Crippen MR) is 128 cm³/mol. The van der Waals surface area contributed by atoms with Crippen molar-refractivity contribution in [3.8, 4) is 17.6 Å². The Hall–Kier alpha value is -3.79. The second-order valence-corrected chi connectivity index (χ2v) is 8.26. The fraction of sp³-hybridized carbons (Fsp3) is 0.346. The predicted octanol–water partition coefficient (Wildman–Crippen LogP) is 4.66. The van der Waals surface area contributed by atoms with E-state index in [9.17, 15) is 10.1 Å². The van der Waals surface area contributed by atoms with Crippen molar-refractivity contribution >= 4 is 28.6 Å². The van der Waals surface area contributed by atoms with Gasteiger partial charge in [-0.2, -0.15) is 5.26 Å². The van der Waals surface area contributed by atoms with Crippen LogP contribution in [-0.2, 0) is 4.79 Å². The highest BCUT2D eigenvalue weighted by molar-refractivity contribution is 5.90. The molecule has 1 aromatic heterocycles. The Labute approximate surface area is 193 Å². The molecule has 2 heterocycles. The number of para-hydroxylation sites is 2. The lowest BCUT2D eigenvalue weighted by Gasteiger charge is -2.30. The molecule has 0 radical (unpaired) electrons. The Kier molecular flexibility index (Phi) is 6.94. The smallest absolute Gasteiger partial charge is 0.260 e. The van der Waals surface area contributed by atoms with E-state index in [1.54, 1.807) is 12.1 Å². The van der Waals surface area contributed by atoms with Gasteiger partial charge in [-0.3, -0.25) is 4.79 Å². The first kappa shape index (κ1) is 22.4. The van der Waals surface area contributed by atoms with Crippen molar-refractivity contribution in [2.45, 2.75) is 26.7 Å². The molecule has 4 rings (SSSR count). The summed E-state index contributed by atoms with van der Waals surface area (Å²) in [5, 5.41) is 9.70. The molecule has 1 fully saturated rings. The number of benzene rings is 2. The van der Waals surface area contributed by atoms with Gasteiger partial charge in [0.25, 0.3) is 5.91 Å². The summed E-state index contributed by atoms with van der Waals surface area (Å²) in [5.74, 6) is 2.21. The summed E-state index contributed by atoms with van der Waals surface area (Å²) in [4.78, 5) is 22.1. The van der Waals surface area contributed by atoms with Gasteiger partial charge in [0.05, 0.1) is 23.2 Å². The Bertz CT molecular complexity index is 1170. The minimum absolute atomic E-state index is 0.00928. The van der Waals surface area contributed by atoms with E-state index in [0.717, 1.165) is 42.5 Å². The first-order valence-electron chi connectivity index (χ1n) is 11.3. The number of carbonyl (C=O) groups is 1. The van der Waals surface area contributed by atoms with Gasteiger partial charge in [0.1, 0.15) is 11.9 Å². The molecule has 33 heavy (non-hydrogen) atoms. The number of likely N-dealkylation sites (tertiary alicyclic amines) is 1. The van der Waals surface area contributed by atoms with Crippen LogP contribution in [0.15, 0.2) is 42.5 Å². The molecule has 7 heteroatoms. The van der Waals surface area contributed by atoms with Crippen LogP contribution >= 0.6 is 0 Å². The summed E-state index contributed by atoms with van der Waals surface area (Å²) in [6.07, 6.45) is 3.82. The normalized spacial score (nSPS) is 14.8. The molecule has 1 saturated heterocycles. The Balaban J connectivity index is 1.51. The molecule has 0 spiro atoms. The number of hydrogen-bond acceptors (Lipinski definition) is 5. The van der Waals surface area contributed by atoms with Crippen molar-refractivity contribution in [2.24, 2.45) is 5.92 Å². The van der Waals surface area contributed by atoms with Crippen LogP contribution < -0.4 is 9.47 Å². The SMILES string of the molecule is CCOc1cc(/C=C(\C#N)c2nc3ccccc3[nH]2)ccc1OCC(=O)N1CCC(C)CC1. The molecule has 0 bridgehead atoms. The minimum Gasteiger partial charge on any atom is -0.490 e. The van der Waals surface area contributed by atoms with Crippen LogP contribution in [0.5, 0.6) is 11.5 Å². The van der Waals surface area contributed by atoms with Crippen LogP contribution in [0.2, 0.25) is 0 Å². The molecule has 2 aromatic carbocycles. The monoisotopic (exact) mass is 444 g/mol. The Morgan fingerprint density at radius 1 is 1.21 bits per heavy atom. The number of nitriles is 1. The number of allylic oxidation sites excluding steroid dienone is 1. The number of piperidine rings is 1. The van der Waals surface area contributed by atoms with Gasteiger partial charge in [-0.25, -0.2) is 4.98 Å². The van der Waals surface area contributed by atoms with E-state index in [2.05, 4.69) is 23.0 Å². The number of nitrogens with one attached hydrogen (secondary N) is 1. The van der Waals surface area contributed by atoms with E-state index >= 15 is 0 Å². The van der Waals surface area contributed by atoms with Crippen LogP contribution in [-0.4, -0.2) is 47.1 Å². The van der Waals surface area contributed by atoms with E-state index < -0.39 is 0 Å². The van der Waals surface area contributed by atoms with Crippen LogP contribution in [0.4, 0.5) is 0 Å². The van der Waals surface area contributed by atoms with Gasteiger partial charge in [0.2, 0.25) is 0 Å². The molecule has 1 N–H and O–H groups in total. The zero-order chi connectivity index (χ0) is 23.2. The van der Waals surface area contributed by atoms with Crippen molar-refractivity contribution < 1.29 is 14.3 Å². The molecule has 3 aromatic rings. The quantitative estimate of drug-likeness (QED) is 0.535. The van der Waals surface area contributed by atoms with E-state index in [-0.39, 0.29) is 12.5 Å². The fourth-order valence-corrected chi connectivity index (χ4v) is 3.89. The van der Waals surface area contributed by atoms with Gasteiger partial charge in [0, 0.05) is 13.1 Å². The lowest BCUT2D eigenvalue weighted by atomic mass is 9.99. The zero-order valence-electron chi connectivity index (χ0n) is 19.0. The summed E-state index contributed by atoms with van der Waals surface area (Å²) < 4.78 is 11.6. The third-order valence-electron chi connectivity index (χ3n) is 5.83. The van der Waals surface area contributed by atoms with E-state index in [1.807, 2.05) is 48.2 Å². The number of aromatic nitrogens is 2. The summed E-state index contributed by atoms with van der Waals surface area (Å²) in [6, 6.07) is 15.3. The van der Waals surface area contributed by atoms with E-state index in [0.29, 0.717) is 35.4 Å². The van der Waals surface area contributed by atoms with Gasteiger partial charge in [-0.15, -0.1) is 0 Å². The van der Waals surface area contributed by atoms with Gasteiger partial charge in [-0.05, 0) is 61.6 Å². The fourth-order valence-electron chi connectivity index (χ4n) is 3.89. The average molecular weight is 445 g/mol. The number of amides is 1. The molecule has 0 saturated carbocycles. The van der Waals surface area contributed by atoms with Crippen molar-refractivity contribution in [1.29, 1.82) is 5.26 Å². The molecular weight excluding hydrogens is 416 g/mol. The zero-order valence-corrected chi connectivity index (χ0v) is 19.0. The third-order valence-corrected chi connectivity index (χ3v) is 5.83. The number of H-pyrrole nitrogens is 1. The van der Waals surface area contributed by atoms with Crippen LogP contribution in [0.25, 0.3) is 22.7 Å². The topological polar surface area (TPSA) is 91.2 Å². The number of fused-ring (bicyclic) bond motifs is 1. The molecule has 0 atom stereocenters. The molecule has 7 nitrogen and oxygen atoms in total. The van der Waals surface area contributed by atoms with Crippen molar-refractivity contribution in [2.75, 3.05) is 26.3 Å². The summed E-state index contributed by atoms with van der Waals surface area (Å²) in [7, 11) is 0. The number of nitrogens with zero attached hydrogens (tertiary/aromatic N) is 3. The largest absolute Gasteiger partial charge is 0.490 e. The summed E-state index contributed by atoms with van der Waals surface area (Å²) in [6.45, 7) is 6.10. The molecular formula is C26H28N4O3. The number of hydrogen-bond donors (Lipinski definition) is 1.